The van der Waals surface area contributed by atoms with Crippen LogP contribution in [0, 0.1) is 0 Å². The Morgan fingerprint density at radius 3 is 3.00 bits per heavy atom. The van der Waals surface area contributed by atoms with Crippen molar-refractivity contribution < 1.29 is 14.6 Å². The molecule has 1 saturated heterocycles. The number of hydrogen-bond donors (Lipinski definition) is 1. The Kier molecular flexibility index (Phi) is 2.68. The third-order valence-electron chi connectivity index (χ3n) is 1.65. The molecule has 1 N–H and O–H groups in total. The van der Waals surface area contributed by atoms with Gasteiger partial charge in [0.2, 0.25) is 0 Å². The van der Waals surface area contributed by atoms with Crippen LogP contribution in [-0.2, 0) is 9.53 Å². The molecule has 1 aliphatic heterocycles. The lowest BCUT2D eigenvalue weighted by Gasteiger charge is -2.05. The molecule has 0 radical (unpaired) electrons. The highest BCUT2D eigenvalue weighted by atomic mass is 16.5. The van der Waals surface area contributed by atoms with Crippen LogP contribution in [0.25, 0.3) is 0 Å². The van der Waals surface area contributed by atoms with Crippen molar-refractivity contribution in [3.05, 3.63) is 0 Å². The van der Waals surface area contributed by atoms with E-state index in [1.807, 2.05) is 0 Å². The van der Waals surface area contributed by atoms with Crippen molar-refractivity contribution in [1.29, 1.82) is 0 Å². The minimum Gasteiger partial charge on any atom is -0.462 e. The van der Waals surface area contributed by atoms with Crippen LogP contribution in [0.2, 0.25) is 0 Å². The van der Waals surface area contributed by atoms with E-state index < -0.39 is 0 Å². The maximum Gasteiger partial charge on any atom is 0.306 e. The Hall–Kier alpha value is -0.570. The third-order valence-corrected chi connectivity index (χ3v) is 1.65. The standard InChI is InChI=1S/C7H12O3/c8-5-1-2-6-3-4-7(9)10-6/h6,8H,1-5H2/t6-/m0/s1. The van der Waals surface area contributed by atoms with Crippen molar-refractivity contribution in [2.24, 2.45) is 0 Å². The number of hydrogen-bond acceptors (Lipinski definition) is 3. The molecule has 0 bridgehead atoms. The van der Waals surface area contributed by atoms with Gasteiger partial charge in [0.25, 0.3) is 0 Å². The van der Waals surface area contributed by atoms with Crippen molar-refractivity contribution in [2.45, 2.75) is 31.8 Å². The van der Waals surface area contributed by atoms with Crippen molar-refractivity contribution in [1.82, 2.24) is 0 Å². The first-order valence-corrected chi connectivity index (χ1v) is 3.63. The predicted molar refractivity (Wildman–Crippen MR) is 35.4 cm³/mol. The maximum atomic E-state index is 10.5. The number of carbonyl (C=O) groups excluding carboxylic acids is 1. The molecule has 0 aromatic rings. The highest BCUT2D eigenvalue weighted by molar-refractivity contribution is 5.71. The van der Waals surface area contributed by atoms with Gasteiger partial charge in [0, 0.05) is 13.0 Å². The van der Waals surface area contributed by atoms with Gasteiger partial charge < -0.3 is 9.84 Å². The molecule has 0 saturated carbocycles. The number of ether oxygens (including phenoxy) is 1. The Labute approximate surface area is 60.0 Å². The van der Waals surface area contributed by atoms with Crippen molar-refractivity contribution in [2.75, 3.05) is 6.61 Å². The molecule has 3 heteroatoms. The fourth-order valence-corrected chi connectivity index (χ4v) is 1.10. The summed E-state index contributed by atoms with van der Waals surface area (Å²) >= 11 is 0. The van der Waals surface area contributed by atoms with Gasteiger partial charge in [-0.1, -0.05) is 0 Å². The van der Waals surface area contributed by atoms with Crippen LogP contribution in [0.1, 0.15) is 25.7 Å². The van der Waals surface area contributed by atoms with E-state index in [4.69, 9.17) is 9.84 Å². The number of carbonyl (C=O) groups is 1. The van der Waals surface area contributed by atoms with Gasteiger partial charge in [-0.2, -0.15) is 0 Å². The van der Waals surface area contributed by atoms with Crippen LogP contribution in [0.15, 0.2) is 0 Å². The zero-order valence-electron chi connectivity index (χ0n) is 5.88. The van der Waals surface area contributed by atoms with E-state index in [2.05, 4.69) is 0 Å². The van der Waals surface area contributed by atoms with Gasteiger partial charge in [0.1, 0.15) is 6.10 Å². The lowest BCUT2D eigenvalue weighted by molar-refractivity contribution is -0.141. The molecule has 58 valence electrons. The lowest BCUT2D eigenvalue weighted by Crippen LogP contribution is -2.06. The topological polar surface area (TPSA) is 46.5 Å². The molecule has 0 aliphatic carbocycles. The SMILES string of the molecule is O=C1CC[C@H](CCCO)O1. The van der Waals surface area contributed by atoms with E-state index in [9.17, 15) is 4.79 Å². The Morgan fingerprint density at radius 2 is 2.50 bits per heavy atom. The van der Waals surface area contributed by atoms with Gasteiger partial charge in [0.05, 0.1) is 0 Å². The maximum absolute atomic E-state index is 10.5. The Bertz CT molecular complexity index is 122. The first-order valence-electron chi connectivity index (χ1n) is 3.63. The predicted octanol–water partition coefficient (Wildman–Crippen LogP) is 0.464. The fraction of sp³-hybridized carbons (Fsp3) is 0.857. The van der Waals surface area contributed by atoms with E-state index >= 15 is 0 Å². The summed E-state index contributed by atoms with van der Waals surface area (Å²) < 4.78 is 4.91. The zero-order chi connectivity index (χ0) is 7.40. The molecule has 1 rings (SSSR count). The van der Waals surface area contributed by atoms with Crippen LogP contribution in [0.4, 0.5) is 0 Å². The first kappa shape index (κ1) is 7.54. The summed E-state index contributed by atoms with van der Waals surface area (Å²) in [5, 5.41) is 8.45. The summed E-state index contributed by atoms with van der Waals surface area (Å²) in [6.07, 6.45) is 3.01. The molecule has 1 atom stereocenters. The minimum atomic E-state index is -0.0945. The second kappa shape index (κ2) is 3.56. The van der Waals surface area contributed by atoms with E-state index in [1.165, 1.54) is 0 Å². The summed E-state index contributed by atoms with van der Waals surface area (Å²) in [7, 11) is 0. The second-order valence-electron chi connectivity index (χ2n) is 2.52. The van der Waals surface area contributed by atoms with Crippen LogP contribution in [0.5, 0.6) is 0 Å². The summed E-state index contributed by atoms with van der Waals surface area (Å²) in [4.78, 5) is 10.5. The van der Waals surface area contributed by atoms with Crippen molar-refractivity contribution in [3.8, 4) is 0 Å². The van der Waals surface area contributed by atoms with Crippen molar-refractivity contribution in [3.63, 3.8) is 0 Å². The lowest BCUT2D eigenvalue weighted by atomic mass is 10.1. The van der Waals surface area contributed by atoms with Gasteiger partial charge in [0.15, 0.2) is 0 Å². The van der Waals surface area contributed by atoms with Crippen LogP contribution >= 0.6 is 0 Å². The number of esters is 1. The molecular weight excluding hydrogens is 132 g/mol. The normalized spacial score (nSPS) is 24.9. The Balaban J connectivity index is 2.12. The third kappa shape index (κ3) is 1.99. The average Bonchev–Trinajstić information content (AvgIpc) is 2.31. The molecule has 0 unspecified atom stereocenters. The van der Waals surface area contributed by atoms with E-state index in [0.29, 0.717) is 6.42 Å². The zero-order valence-corrected chi connectivity index (χ0v) is 5.88. The van der Waals surface area contributed by atoms with Crippen LogP contribution in [-0.4, -0.2) is 23.8 Å². The summed E-state index contributed by atoms with van der Waals surface area (Å²) in [5.41, 5.74) is 0. The molecule has 0 aromatic heterocycles. The molecule has 10 heavy (non-hydrogen) atoms. The molecule has 0 spiro atoms. The van der Waals surface area contributed by atoms with Gasteiger partial charge in [-0.25, -0.2) is 0 Å². The largest absolute Gasteiger partial charge is 0.462 e. The number of rotatable bonds is 3. The fourth-order valence-electron chi connectivity index (χ4n) is 1.10. The number of aliphatic hydroxyl groups is 1. The van der Waals surface area contributed by atoms with Gasteiger partial charge in [-0.05, 0) is 19.3 Å². The summed E-state index contributed by atoms with van der Waals surface area (Å²) in [6.45, 7) is 0.189. The number of aliphatic hydroxyl groups excluding tert-OH is 1. The van der Waals surface area contributed by atoms with Gasteiger partial charge in [-0.15, -0.1) is 0 Å². The first-order chi connectivity index (χ1) is 4.83. The Morgan fingerprint density at radius 1 is 1.70 bits per heavy atom. The molecule has 1 fully saturated rings. The highest BCUT2D eigenvalue weighted by Crippen LogP contribution is 2.17. The molecule has 0 amide bonds. The van der Waals surface area contributed by atoms with Gasteiger partial charge >= 0.3 is 5.97 Å². The molecule has 1 heterocycles. The van der Waals surface area contributed by atoms with E-state index in [-0.39, 0.29) is 18.7 Å². The second-order valence-corrected chi connectivity index (χ2v) is 2.52. The number of cyclic esters (lactones) is 1. The monoisotopic (exact) mass is 144 g/mol. The quantitative estimate of drug-likeness (QED) is 0.585. The van der Waals surface area contributed by atoms with Crippen LogP contribution < -0.4 is 0 Å². The van der Waals surface area contributed by atoms with E-state index in [1.54, 1.807) is 0 Å². The highest BCUT2D eigenvalue weighted by Gasteiger charge is 2.21. The average molecular weight is 144 g/mol. The van der Waals surface area contributed by atoms with Gasteiger partial charge in [-0.3, -0.25) is 4.79 Å². The summed E-state index contributed by atoms with van der Waals surface area (Å²) in [6, 6.07) is 0. The minimum absolute atomic E-state index is 0.0830. The molecular formula is C7H12O3. The summed E-state index contributed by atoms with van der Waals surface area (Å²) in [5.74, 6) is -0.0945. The van der Waals surface area contributed by atoms with Crippen molar-refractivity contribution >= 4 is 5.97 Å². The molecule has 3 nitrogen and oxygen atoms in total. The van der Waals surface area contributed by atoms with Crippen LogP contribution in [0.3, 0.4) is 0 Å². The molecule has 0 aromatic carbocycles. The smallest absolute Gasteiger partial charge is 0.306 e. The molecule has 1 aliphatic rings. The van der Waals surface area contributed by atoms with E-state index in [0.717, 1.165) is 19.3 Å².